The Morgan fingerprint density at radius 1 is 1.32 bits per heavy atom. The highest BCUT2D eigenvalue weighted by Gasteiger charge is 2.35. The van der Waals surface area contributed by atoms with Crippen molar-refractivity contribution in [3.63, 3.8) is 0 Å². The van der Waals surface area contributed by atoms with E-state index >= 15 is 0 Å². The van der Waals surface area contributed by atoms with Gasteiger partial charge in [0.2, 0.25) is 0 Å². The van der Waals surface area contributed by atoms with Crippen molar-refractivity contribution in [3.8, 4) is 0 Å². The Hall–Kier alpha value is -0.930. The lowest BCUT2D eigenvalue weighted by atomic mass is 10.0. The van der Waals surface area contributed by atoms with Crippen LogP contribution in [0, 0.1) is 5.82 Å². The fourth-order valence-corrected chi connectivity index (χ4v) is 3.60. The maximum atomic E-state index is 13.3. The number of fused-ring (bicyclic) bond motifs is 1. The van der Waals surface area contributed by atoms with E-state index in [1.54, 1.807) is 6.07 Å². The van der Waals surface area contributed by atoms with Crippen molar-refractivity contribution in [2.45, 2.75) is 44.8 Å². The Labute approximate surface area is 115 Å². The van der Waals surface area contributed by atoms with E-state index in [9.17, 15) is 4.39 Å². The van der Waals surface area contributed by atoms with Gasteiger partial charge in [-0.25, -0.2) is 4.39 Å². The summed E-state index contributed by atoms with van der Waals surface area (Å²) in [6.45, 7) is 6.76. The van der Waals surface area contributed by atoms with Gasteiger partial charge in [-0.2, -0.15) is 0 Å². The molecule has 2 fully saturated rings. The first kappa shape index (κ1) is 13.1. The van der Waals surface area contributed by atoms with Crippen LogP contribution >= 0.6 is 0 Å². The second-order valence-corrected chi connectivity index (χ2v) is 5.91. The third-order valence-electron chi connectivity index (χ3n) is 4.65. The Morgan fingerprint density at radius 3 is 3.00 bits per heavy atom. The molecule has 2 aliphatic rings. The average Bonchev–Trinajstić information content (AvgIpc) is 2.85. The van der Waals surface area contributed by atoms with Crippen LogP contribution in [0.3, 0.4) is 0 Å². The number of hydrogen-bond acceptors (Lipinski definition) is 2. The zero-order valence-electron chi connectivity index (χ0n) is 11.7. The van der Waals surface area contributed by atoms with Gasteiger partial charge in [0.15, 0.2) is 0 Å². The van der Waals surface area contributed by atoms with Crippen molar-refractivity contribution < 1.29 is 4.39 Å². The molecule has 2 nitrogen and oxygen atoms in total. The predicted molar refractivity (Wildman–Crippen MR) is 75.5 cm³/mol. The monoisotopic (exact) mass is 262 g/mol. The van der Waals surface area contributed by atoms with Crippen molar-refractivity contribution in [1.82, 2.24) is 9.80 Å². The van der Waals surface area contributed by atoms with Crippen molar-refractivity contribution in [2.24, 2.45) is 0 Å². The van der Waals surface area contributed by atoms with Gasteiger partial charge in [-0.15, -0.1) is 0 Å². The molecule has 0 spiro atoms. The molecule has 0 amide bonds. The highest BCUT2D eigenvalue weighted by atomic mass is 19.1. The highest BCUT2D eigenvalue weighted by Crippen LogP contribution is 2.27. The molecule has 2 unspecified atom stereocenters. The lowest BCUT2D eigenvalue weighted by Gasteiger charge is -2.43. The number of nitrogens with zero attached hydrogens (tertiary/aromatic N) is 2. The summed E-state index contributed by atoms with van der Waals surface area (Å²) in [5, 5.41) is 0. The summed E-state index contributed by atoms with van der Waals surface area (Å²) >= 11 is 0. The molecule has 0 radical (unpaired) electrons. The second-order valence-electron chi connectivity index (χ2n) is 5.91. The minimum atomic E-state index is -0.120. The van der Waals surface area contributed by atoms with Crippen LogP contribution in [0.5, 0.6) is 0 Å². The van der Waals surface area contributed by atoms with Gasteiger partial charge in [0.05, 0.1) is 0 Å². The van der Waals surface area contributed by atoms with Crippen molar-refractivity contribution in [1.29, 1.82) is 0 Å². The van der Waals surface area contributed by atoms with E-state index in [4.69, 9.17) is 0 Å². The van der Waals surface area contributed by atoms with Crippen molar-refractivity contribution in [3.05, 3.63) is 35.6 Å². The van der Waals surface area contributed by atoms with E-state index in [1.165, 1.54) is 38.4 Å². The van der Waals surface area contributed by atoms with Crippen LogP contribution in [0.1, 0.15) is 31.7 Å². The standard InChI is InChI=1S/C16H23FN2/c1-2-15-11-18-8-4-7-16(18)12-19(15)10-13-5-3-6-14(17)9-13/h3,5-6,9,15-16H,2,4,7-8,10-12H2,1H3. The summed E-state index contributed by atoms with van der Waals surface area (Å²) < 4.78 is 13.3. The molecule has 3 rings (SSSR count). The first-order chi connectivity index (χ1) is 9.26. The Morgan fingerprint density at radius 2 is 2.21 bits per heavy atom. The highest BCUT2D eigenvalue weighted by molar-refractivity contribution is 5.16. The van der Waals surface area contributed by atoms with E-state index in [2.05, 4.69) is 16.7 Å². The number of benzene rings is 1. The van der Waals surface area contributed by atoms with Gasteiger partial charge in [0, 0.05) is 31.7 Å². The molecule has 0 aliphatic carbocycles. The molecule has 1 aromatic rings. The Bertz CT molecular complexity index is 435. The van der Waals surface area contributed by atoms with Crippen LogP contribution in [-0.2, 0) is 6.54 Å². The molecular formula is C16H23FN2. The fourth-order valence-electron chi connectivity index (χ4n) is 3.60. The average molecular weight is 262 g/mol. The third-order valence-corrected chi connectivity index (χ3v) is 4.65. The summed E-state index contributed by atoms with van der Waals surface area (Å²) in [5.41, 5.74) is 1.10. The molecule has 0 N–H and O–H groups in total. The van der Waals surface area contributed by atoms with Crippen LogP contribution in [0.2, 0.25) is 0 Å². The summed E-state index contributed by atoms with van der Waals surface area (Å²) in [6, 6.07) is 8.41. The molecular weight excluding hydrogens is 239 g/mol. The maximum absolute atomic E-state index is 13.3. The molecule has 2 heterocycles. The molecule has 19 heavy (non-hydrogen) atoms. The minimum Gasteiger partial charge on any atom is -0.298 e. The normalized spacial score (nSPS) is 28.5. The lowest BCUT2D eigenvalue weighted by molar-refractivity contribution is 0.0436. The molecule has 104 valence electrons. The molecule has 2 saturated heterocycles. The summed E-state index contributed by atoms with van der Waals surface area (Å²) in [7, 11) is 0. The summed E-state index contributed by atoms with van der Waals surface area (Å²) in [4.78, 5) is 5.21. The molecule has 3 heteroatoms. The molecule has 0 saturated carbocycles. The predicted octanol–water partition coefficient (Wildman–Crippen LogP) is 2.88. The second kappa shape index (κ2) is 5.59. The molecule has 1 aromatic carbocycles. The smallest absolute Gasteiger partial charge is 0.123 e. The van der Waals surface area contributed by atoms with Gasteiger partial charge in [-0.05, 0) is 43.5 Å². The molecule has 0 aromatic heterocycles. The summed E-state index contributed by atoms with van der Waals surface area (Å²) in [5.74, 6) is -0.120. The van der Waals surface area contributed by atoms with Gasteiger partial charge in [-0.1, -0.05) is 19.1 Å². The van der Waals surface area contributed by atoms with E-state index in [1.807, 2.05) is 12.1 Å². The number of piperazine rings is 1. The van der Waals surface area contributed by atoms with Crippen LogP contribution in [-0.4, -0.2) is 41.5 Å². The van der Waals surface area contributed by atoms with Crippen LogP contribution in [0.4, 0.5) is 4.39 Å². The zero-order chi connectivity index (χ0) is 13.2. The Balaban J connectivity index is 1.71. The SMILES string of the molecule is CCC1CN2CCCC2CN1Cc1cccc(F)c1. The van der Waals surface area contributed by atoms with Crippen LogP contribution < -0.4 is 0 Å². The molecule has 2 aliphatic heterocycles. The molecule has 2 atom stereocenters. The number of halogens is 1. The quantitative estimate of drug-likeness (QED) is 0.826. The maximum Gasteiger partial charge on any atom is 0.123 e. The number of rotatable bonds is 3. The number of hydrogen-bond donors (Lipinski definition) is 0. The summed E-state index contributed by atoms with van der Waals surface area (Å²) in [6.07, 6.45) is 3.85. The van der Waals surface area contributed by atoms with Gasteiger partial charge < -0.3 is 0 Å². The van der Waals surface area contributed by atoms with E-state index in [-0.39, 0.29) is 5.82 Å². The van der Waals surface area contributed by atoms with Gasteiger partial charge >= 0.3 is 0 Å². The van der Waals surface area contributed by atoms with E-state index < -0.39 is 0 Å². The zero-order valence-corrected chi connectivity index (χ0v) is 11.7. The van der Waals surface area contributed by atoms with Gasteiger partial charge in [0.25, 0.3) is 0 Å². The van der Waals surface area contributed by atoms with Gasteiger partial charge in [-0.3, -0.25) is 9.80 Å². The first-order valence-electron chi connectivity index (χ1n) is 7.49. The topological polar surface area (TPSA) is 6.48 Å². The third kappa shape index (κ3) is 2.82. The Kier molecular flexibility index (Phi) is 3.85. The molecule has 0 bridgehead atoms. The first-order valence-corrected chi connectivity index (χ1v) is 7.49. The van der Waals surface area contributed by atoms with Crippen LogP contribution in [0.25, 0.3) is 0 Å². The fraction of sp³-hybridized carbons (Fsp3) is 0.625. The van der Waals surface area contributed by atoms with Crippen molar-refractivity contribution in [2.75, 3.05) is 19.6 Å². The lowest BCUT2D eigenvalue weighted by Crippen LogP contribution is -2.55. The van der Waals surface area contributed by atoms with Gasteiger partial charge in [0.1, 0.15) is 5.82 Å². The van der Waals surface area contributed by atoms with Crippen molar-refractivity contribution >= 4 is 0 Å². The largest absolute Gasteiger partial charge is 0.298 e. The van der Waals surface area contributed by atoms with E-state index in [0.29, 0.717) is 6.04 Å². The van der Waals surface area contributed by atoms with E-state index in [0.717, 1.165) is 24.7 Å². The minimum absolute atomic E-state index is 0.120. The van der Waals surface area contributed by atoms with Crippen LogP contribution in [0.15, 0.2) is 24.3 Å².